The fraction of sp³-hybridized carbons (Fsp3) is 0.588. The molecule has 1 atom stereocenters. The first kappa shape index (κ1) is 19.2. The van der Waals surface area contributed by atoms with Crippen LogP contribution in [0.15, 0.2) is 23.1 Å². The summed E-state index contributed by atoms with van der Waals surface area (Å²) in [7, 11) is -4.10. The highest BCUT2D eigenvalue weighted by atomic mass is 32.2. The van der Waals surface area contributed by atoms with E-state index < -0.39 is 33.8 Å². The van der Waals surface area contributed by atoms with Crippen LogP contribution in [0, 0.1) is 0 Å². The fourth-order valence-corrected chi connectivity index (χ4v) is 5.95. The van der Waals surface area contributed by atoms with Gasteiger partial charge in [-0.3, -0.25) is 4.79 Å². The standard InChI is InChI=1S/C17H20F3NO4S/c1-2-25-16(22)10-14-13-8-7-11(17(18,19)20)9-15(13)26(23,24)21(14)12-5-3-4-6-12/h7-9,12,14H,2-6,10H2,1H3/t14-/m0/s1. The summed E-state index contributed by atoms with van der Waals surface area (Å²) in [6.07, 6.45) is -1.86. The van der Waals surface area contributed by atoms with E-state index in [1.54, 1.807) is 6.92 Å². The molecule has 2 aliphatic rings. The molecule has 0 bridgehead atoms. The lowest BCUT2D eigenvalue weighted by Gasteiger charge is -2.28. The highest BCUT2D eigenvalue weighted by molar-refractivity contribution is 7.89. The van der Waals surface area contributed by atoms with Crippen LogP contribution in [0.3, 0.4) is 0 Å². The highest BCUT2D eigenvalue weighted by Gasteiger charge is 2.48. The van der Waals surface area contributed by atoms with Crippen LogP contribution in [0.25, 0.3) is 0 Å². The van der Waals surface area contributed by atoms with Crippen molar-refractivity contribution in [2.45, 2.75) is 62.2 Å². The molecule has 3 rings (SSSR count). The number of benzene rings is 1. The van der Waals surface area contributed by atoms with Crippen molar-refractivity contribution in [2.24, 2.45) is 0 Å². The number of esters is 1. The number of carbonyl (C=O) groups is 1. The maximum Gasteiger partial charge on any atom is 0.416 e. The Balaban J connectivity index is 2.07. The van der Waals surface area contributed by atoms with E-state index in [0.29, 0.717) is 18.9 Å². The van der Waals surface area contributed by atoms with E-state index in [0.717, 1.165) is 18.9 Å². The quantitative estimate of drug-likeness (QED) is 0.735. The monoisotopic (exact) mass is 391 g/mol. The minimum Gasteiger partial charge on any atom is -0.466 e. The third-order valence-electron chi connectivity index (χ3n) is 4.91. The summed E-state index contributed by atoms with van der Waals surface area (Å²) in [5.41, 5.74) is -0.777. The summed E-state index contributed by atoms with van der Waals surface area (Å²) in [6.45, 7) is 1.79. The molecule has 144 valence electrons. The molecule has 0 N–H and O–H groups in total. The third kappa shape index (κ3) is 3.34. The van der Waals surface area contributed by atoms with Crippen LogP contribution in [0.1, 0.15) is 56.2 Å². The Hall–Kier alpha value is -1.61. The smallest absolute Gasteiger partial charge is 0.416 e. The molecule has 0 spiro atoms. The highest BCUT2D eigenvalue weighted by Crippen LogP contribution is 2.47. The predicted octanol–water partition coefficient (Wildman–Crippen LogP) is 3.65. The molecule has 0 aromatic heterocycles. The molecule has 0 unspecified atom stereocenters. The topological polar surface area (TPSA) is 63.7 Å². The van der Waals surface area contributed by atoms with Gasteiger partial charge >= 0.3 is 12.1 Å². The number of sulfonamides is 1. The molecule has 0 amide bonds. The van der Waals surface area contributed by atoms with E-state index in [1.165, 1.54) is 10.4 Å². The molecule has 1 fully saturated rings. The molecule has 0 saturated heterocycles. The Kier molecular flexibility index (Phi) is 5.04. The van der Waals surface area contributed by atoms with Crippen LogP contribution in [0.5, 0.6) is 0 Å². The third-order valence-corrected chi connectivity index (χ3v) is 6.93. The van der Waals surface area contributed by atoms with Crippen LogP contribution in [-0.2, 0) is 25.7 Å². The van der Waals surface area contributed by atoms with Gasteiger partial charge in [-0.25, -0.2) is 8.42 Å². The lowest BCUT2D eigenvalue weighted by atomic mass is 10.0. The first-order valence-electron chi connectivity index (χ1n) is 8.56. The number of ether oxygens (including phenoxy) is 1. The van der Waals surface area contributed by atoms with Gasteiger partial charge in [0, 0.05) is 6.04 Å². The number of halogens is 3. The van der Waals surface area contributed by atoms with Crippen molar-refractivity contribution < 1.29 is 31.1 Å². The summed E-state index contributed by atoms with van der Waals surface area (Å²) in [5.74, 6) is -0.566. The first-order chi connectivity index (χ1) is 12.2. The molecule has 1 aliphatic heterocycles. The van der Waals surface area contributed by atoms with Gasteiger partial charge in [0.1, 0.15) is 0 Å². The van der Waals surface area contributed by atoms with Gasteiger partial charge in [0.05, 0.1) is 29.5 Å². The van der Waals surface area contributed by atoms with Crippen LogP contribution in [0.4, 0.5) is 13.2 Å². The van der Waals surface area contributed by atoms with Gasteiger partial charge in [0.2, 0.25) is 10.0 Å². The van der Waals surface area contributed by atoms with E-state index in [2.05, 4.69) is 0 Å². The van der Waals surface area contributed by atoms with E-state index in [4.69, 9.17) is 4.74 Å². The minimum absolute atomic E-state index is 0.154. The average Bonchev–Trinajstić information content (AvgIpc) is 3.12. The molecule has 0 radical (unpaired) electrons. The fourth-order valence-electron chi connectivity index (χ4n) is 3.81. The van der Waals surface area contributed by atoms with Gasteiger partial charge in [-0.2, -0.15) is 17.5 Å². The first-order valence-corrected chi connectivity index (χ1v) is 10.0. The molecular weight excluding hydrogens is 371 g/mol. The molecule has 9 heteroatoms. The molecule has 1 aliphatic carbocycles. The van der Waals surface area contributed by atoms with Gasteiger partial charge in [-0.1, -0.05) is 18.9 Å². The van der Waals surface area contributed by atoms with Crippen molar-refractivity contribution in [1.29, 1.82) is 0 Å². The van der Waals surface area contributed by atoms with Crippen molar-refractivity contribution in [3.63, 3.8) is 0 Å². The lowest BCUT2D eigenvalue weighted by molar-refractivity contribution is -0.144. The minimum atomic E-state index is -4.64. The Labute approximate surface area is 150 Å². The number of fused-ring (bicyclic) bond motifs is 1. The van der Waals surface area contributed by atoms with E-state index in [9.17, 15) is 26.4 Å². The van der Waals surface area contributed by atoms with Crippen molar-refractivity contribution in [2.75, 3.05) is 6.61 Å². The van der Waals surface area contributed by atoms with Gasteiger partial charge < -0.3 is 4.74 Å². The Morgan fingerprint density at radius 2 is 1.92 bits per heavy atom. The van der Waals surface area contributed by atoms with Crippen molar-refractivity contribution in [3.8, 4) is 0 Å². The zero-order valence-electron chi connectivity index (χ0n) is 14.3. The van der Waals surface area contributed by atoms with Crippen LogP contribution < -0.4 is 0 Å². The molecule has 1 aromatic rings. The maximum atomic E-state index is 13.0. The Morgan fingerprint density at radius 1 is 1.27 bits per heavy atom. The molecular formula is C17H20F3NO4S. The van der Waals surface area contributed by atoms with Gasteiger partial charge in [-0.15, -0.1) is 0 Å². The SMILES string of the molecule is CCOC(=O)C[C@H]1c2ccc(C(F)(F)F)cc2S(=O)(=O)N1C1CCCC1. The second kappa shape index (κ2) is 6.84. The van der Waals surface area contributed by atoms with Crippen LogP contribution >= 0.6 is 0 Å². The van der Waals surface area contributed by atoms with Gasteiger partial charge in [0.15, 0.2) is 0 Å². The Morgan fingerprint density at radius 3 is 2.50 bits per heavy atom. The van der Waals surface area contributed by atoms with Crippen LogP contribution in [0.2, 0.25) is 0 Å². The summed E-state index contributed by atoms with van der Waals surface area (Å²) >= 11 is 0. The van der Waals surface area contributed by atoms with E-state index >= 15 is 0 Å². The Bertz CT molecular complexity index is 801. The zero-order valence-corrected chi connectivity index (χ0v) is 15.1. The molecule has 5 nitrogen and oxygen atoms in total. The summed E-state index contributed by atoms with van der Waals surface area (Å²) in [4.78, 5) is 11.6. The summed E-state index contributed by atoms with van der Waals surface area (Å²) < 4.78 is 71.3. The maximum absolute atomic E-state index is 13.0. The number of hydrogen-bond acceptors (Lipinski definition) is 4. The lowest BCUT2D eigenvalue weighted by Crippen LogP contribution is -2.37. The van der Waals surface area contributed by atoms with Crippen molar-refractivity contribution in [3.05, 3.63) is 29.3 Å². The van der Waals surface area contributed by atoms with Crippen molar-refractivity contribution in [1.82, 2.24) is 4.31 Å². The summed E-state index contributed by atoms with van der Waals surface area (Å²) in [6, 6.07) is 1.59. The predicted molar refractivity (Wildman–Crippen MR) is 86.7 cm³/mol. The van der Waals surface area contributed by atoms with Crippen molar-refractivity contribution >= 4 is 16.0 Å². The number of alkyl halides is 3. The second-order valence-electron chi connectivity index (χ2n) is 6.55. The normalized spacial score (nSPS) is 23.2. The molecule has 1 heterocycles. The average molecular weight is 391 g/mol. The van der Waals surface area contributed by atoms with Gasteiger partial charge in [-0.05, 0) is 37.5 Å². The number of rotatable bonds is 4. The largest absolute Gasteiger partial charge is 0.466 e. The number of nitrogens with zero attached hydrogens (tertiary/aromatic N) is 1. The molecule has 26 heavy (non-hydrogen) atoms. The van der Waals surface area contributed by atoms with Crippen LogP contribution in [-0.4, -0.2) is 31.3 Å². The number of carbonyl (C=O) groups excluding carboxylic acids is 1. The van der Waals surface area contributed by atoms with Gasteiger partial charge in [0.25, 0.3) is 0 Å². The summed E-state index contributed by atoms with van der Waals surface area (Å²) in [5, 5.41) is 0. The zero-order chi connectivity index (χ0) is 19.1. The van der Waals surface area contributed by atoms with E-state index in [1.807, 2.05) is 0 Å². The molecule has 1 saturated carbocycles. The number of hydrogen-bond donors (Lipinski definition) is 0. The second-order valence-corrected chi connectivity index (χ2v) is 8.36. The van der Waals surface area contributed by atoms with E-state index in [-0.39, 0.29) is 29.5 Å². The molecule has 1 aromatic carbocycles.